The molecule has 0 bridgehead atoms. The molecule has 6 nitrogen and oxygen atoms in total. The van der Waals surface area contributed by atoms with Crippen LogP contribution < -0.4 is 14.8 Å². The fraction of sp³-hybridized carbons (Fsp3) is 0.200. The number of hydrogen-bond donors (Lipinski definition) is 1. The fourth-order valence-electron chi connectivity index (χ4n) is 3.31. The number of esters is 1. The maximum atomic E-state index is 13.1. The molecular weight excluding hydrogens is 394 g/mol. The lowest BCUT2D eigenvalue weighted by molar-refractivity contribution is -0.125. The third-order valence-electron chi connectivity index (χ3n) is 4.99. The zero-order valence-electron chi connectivity index (χ0n) is 17.4. The molecule has 0 saturated heterocycles. The van der Waals surface area contributed by atoms with Crippen LogP contribution in [0.25, 0.3) is 0 Å². The molecule has 0 aromatic heterocycles. The summed E-state index contributed by atoms with van der Waals surface area (Å²) >= 11 is 0. The maximum absolute atomic E-state index is 13.1. The van der Waals surface area contributed by atoms with Crippen LogP contribution in [0.1, 0.15) is 33.2 Å². The summed E-state index contributed by atoms with van der Waals surface area (Å²) in [5, 5.41) is 2.90. The number of amides is 1. The molecule has 1 amide bonds. The van der Waals surface area contributed by atoms with Crippen molar-refractivity contribution in [3.63, 3.8) is 0 Å². The Bertz CT molecular complexity index is 1110. The van der Waals surface area contributed by atoms with E-state index in [1.54, 1.807) is 42.5 Å². The lowest BCUT2D eigenvalue weighted by Crippen LogP contribution is -2.26. The number of hydrogen-bond acceptors (Lipinski definition) is 5. The Hall–Kier alpha value is -3.80. The largest absolute Gasteiger partial charge is 0.486 e. The van der Waals surface area contributed by atoms with Crippen molar-refractivity contribution in [2.45, 2.75) is 20.0 Å². The summed E-state index contributed by atoms with van der Waals surface area (Å²) in [6.45, 7) is 4.74. The third-order valence-corrected chi connectivity index (χ3v) is 4.99. The minimum Gasteiger partial charge on any atom is -0.486 e. The van der Waals surface area contributed by atoms with Gasteiger partial charge in [0, 0.05) is 11.3 Å². The molecule has 158 valence electrons. The standard InChI is InChI=1S/C25H23NO5/c1-16-8-9-17(2)20(14-16)26-24(27)23(18-6-4-3-5-7-18)31-25(28)19-10-11-21-22(15-19)30-13-12-29-21/h3-11,14-15,23H,12-13H2,1-2H3,(H,26,27). The van der Waals surface area contributed by atoms with E-state index in [9.17, 15) is 9.59 Å². The van der Waals surface area contributed by atoms with Gasteiger partial charge in [-0.05, 0) is 49.2 Å². The first-order chi connectivity index (χ1) is 15.0. The topological polar surface area (TPSA) is 73.9 Å². The van der Waals surface area contributed by atoms with Crippen LogP contribution in [-0.4, -0.2) is 25.1 Å². The molecule has 4 rings (SSSR count). The van der Waals surface area contributed by atoms with Gasteiger partial charge in [0.1, 0.15) is 13.2 Å². The van der Waals surface area contributed by atoms with Crippen LogP contribution in [0.5, 0.6) is 11.5 Å². The number of benzene rings is 3. The number of fused-ring (bicyclic) bond motifs is 1. The van der Waals surface area contributed by atoms with E-state index in [-0.39, 0.29) is 5.56 Å². The van der Waals surface area contributed by atoms with Crippen LogP contribution in [0, 0.1) is 13.8 Å². The number of aryl methyl sites for hydroxylation is 2. The highest BCUT2D eigenvalue weighted by Crippen LogP contribution is 2.32. The Labute approximate surface area is 180 Å². The molecule has 1 N–H and O–H groups in total. The van der Waals surface area contributed by atoms with Crippen LogP contribution in [0.15, 0.2) is 66.7 Å². The van der Waals surface area contributed by atoms with Gasteiger partial charge in [0.25, 0.3) is 5.91 Å². The predicted molar refractivity (Wildman–Crippen MR) is 117 cm³/mol. The zero-order valence-corrected chi connectivity index (χ0v) is 17.4. The quantitative estimate of drug-likeness (QED) is 0.614. The van der Waals surface area contributed by atoms with Gasteiger partial charge in [-0.1, -0.05) is 42.5 Å². The molecule has 3 aromatic carbocycles. The van der Waals surface area contributed by atoms with Gasteiger partial charge in [0.15, 0.2) is 11.5 Å². The third kappa shape index (κ3) is 4.69. The molecule has 6 heteroatoms. The van der Waals surface area contributed by atoms with Crippen LogP contribution in [-0.2, 0) is 9.53 Å². The highest BCUT2D eigenvalue weighted by molar-refractivity contribution is 5.98. The Morgan fingerprint density at radius 3 is 2.42 bits per heavy atom. The number of rotatable bonds is 5. The lowest BCUT2D eigenvalue weighted by Gasteiger charge is -2.21. The summed E-state index contributed by atoms with van der Waals surface area (Å²) < 4.78 is 16.7. The molecule has 1 atom stereocenters. The molecule has 3 aromatic rings. The van der Waals surface area contributed by atoms with Gasteiger partial charge < -0.3 is 19.5 Å². The Morgan fingerprint density at radius 1 is 0.903 bits per heavy atom. The highest BCUT2D eigenvalue weighted by Gasteiger charge is 2.27. The van der Waals surface area contributed by atoms with Gasteiger partial charge in [-0.15, -0.1) is 0 Å². The summed E-state index contributed by atoms with van der Waals surface area (Å²) in [6, 6.07) is 19.6. The van der Waals surface area contributed by atoms with Gasteiger partial charge in [-0.3, -0.25) is 4.79 Å². The summed E-state index contributed by atoms with van der Waals surface area (Å²) in [5.74, 6) is 0.0135. The summed E-state index contributed by atoms with van der Waals surface area (Å²) in [4.78, 5) is 26.0. The Kier molecular flexibility index (Phi) is 5.89. The second kappa shape index (κ2) is 8.92. The monoisotopic (exact) mass is 417 g/mol. The van der Waals surface area contributed by atoms with Gasteiger partial charge >= 0.3 is 5.97 Å². The molecule has 1 heterocycles. The van der Waals surface area contributed by atoms with Crippen LogP contribution in [0.2, 0.25) is 0 Å². The van der Waals surface area contributed by atoms with Crippen molar-refractivity contribution in [2.24, 2.45) is 0 Å². The summed E-state index contributed by atoms with van der Waals surface area (Å²) in [6.07, 6.45) is -1.11. The van der Waals surface area contributed by atoms with Crippen molar-refractivity contribution in [1.29, 1.82) is 0 Å². The normalized spacial score (nSPS) is 13.2. The first-order valence-electron chi connectivity index (χ1n) is 10.0. The molecule has 0 saturated carbocycles. The molecular formula is C25H23NO5. The van der Waals surface area contributed by atoms with Crippen molar-refractivity contribution >= 4 is 17.6 Å². The number of nitrogens with one attached hydrogen (secondary N) is 1. The molecule has 1 unspecified atom stereocenters. The predicted octanol–water partition coefficient (Wildman–Crippen LogP) is 4.61. The number of ether oxygens (including phenoxy) is 3. The van der Waals surface area contributed by atoms with Crippen molar-refractivity contribution in [2.75, 3.05) is 18.5 Å². The first kappa shape index (κ1) is 20.5. The minimum absolute atomic E-state index is 0.282. The van der Waals surface area contributed by atoms with Crippen LogP contribution >= 0.6 is 0 Å². The SMILES string of the molecule is Cc1ccc(C)c(NC(=O)C(OC(=O)c2ccc3c(c2)OCCO3)c2ccccc2)c1. The van der Waals surface area contributed by atoms with E-state index in [4.69, 9.17) is 14.2 Å². The van der Waals surface area contributed by atoms with Gasteiger partial charge in [0.05, 0.1) is 5.56 Å². The fourth-order valence-corrected chi connectivity index (χ4v) is 3.31. The second-order valence-corrected chi connectivity index (χ2v) is 7.36. The molecule has 31 heavy (non-hydrogen) atoms. The molecule has 0 fully saturated rings. The molecule has 0 spiro atoms. The minimum atomic E-state index is -1.11. The maximum Gasteiger partial charge on any atom is 0.339 e. The Morgan fingerprint density at radius 2 is 1.65 bits per heavy atom. The average Bonchev–Trinajstić information content (AvgIpc) is 2.80. The van der Waals surface area contributed by atoms with E-state index >= 15 is 0 Å². The summed E-state index contributed by atoms with van der Waals surface area (Å²) in [7, 11) is 0. The number of anilines is 1. The molecule has 0 aliphatic carbocycles. The second-order valence-electron chi connectivity index (χ2n) is 7.36. The van der Waals surface area contributed by atoms with E-state index in [1.165, 1.54) is 0 Å². The lowest BCUT2D eigenvalue weighted by atomic mass is 10.1. The van der Waals surface area contributed by atoms with E-state index in [1.807, 2.05) is 38.1 Å². The van der Waals surface area contributed by atoms with E-state index in [0.29, 0.717) is 36.0 Å². The first-order valence-corrected chi connectivity index (χ1v) is 10.0. The average molecular weight is 417 g/mol. The smallest absolute Gasteiger partial charge is 0.339 e. The van der Waals surface area contributed by atoms with E-state index < -0.39 is 18.0 Å². The van der Waals surface area contributed by atoms with Crippen molar-refractivity contribution in [3.05, 3.63) is 89.0 Å². The van der Waals surface area contributed by atoms with E-state index in [0.717, 1.165) is 11.1 Å². The number of carbonyl (C=O) groups is 2. The highest BCUT2D eigenvalue weighted by atomic mass is 16.6. The summed E-state index contributed by atoms with van der Waals surface area (Å²) in [5.41, 5.74) is 3.48. The molecule has 1 aliphatic rings. The van der Waals surface area contributed by atoms with Crippen molar-refractivity contribution < 1.29 is 23.8 Å². The molecule has 1 aliphatic heterocycles. The van der Waals surface area contributed by atoms with Crippen molar-refractivity contribution in [1.82, 2.24) is 0 Å². The Balaban J connectivity index is 1.59. The van der Waals surface area contributed by atoms with Crippen LogP contribution in [0.3, 0.4) is 0 Å². The van der Waals surface area contributed by atoms with Crippen molar-refractivity contribution in [3.8, 4) is 11.5 Å². The molecule has 0 radical (unpaired) electrons. The van der Waals surface area contributed by atoms with Gasteiger partial charge in [0.2, 0.25) is 6.10 Å². The van der Waals surface area contributed by atoms with Crippen LogP contribution in [0.4, 0.5) is 5.69 Å². The van der Waals surface area contributed by atoms with E-state index in [2.05, 4.69) is 5.32 Å². The zero-order chi connectivity index (χ0) is 21.8. The number of carbonyl (C=O) groups excluding carboxylic acids is 2. The van der Waals surface area contributed by atoms with Gasteiger partial charge in [-0.2, -0.15) is 0 Å². The van der Waals surface area contributed by atoms with Gasteiger partial charge in [-0.25, -0.2) is 4.79 Å².